The number of nitrogens with one attached hydrogen (secondary N) is 1. The number of rotatable bonds is 1. The van der Waals surface area contributed by atoms with Crippen molar-refractivity contribution in [3.63, 3.8) is 0 Å². The van der Waals surface area contributed by atoms with E-state index in [-0.39, 0.29) is 11.6 Å². The van der Waals surface area contributed by atoms with Gasteiger partial charge in [0.25, 0.3) is 5.56 Å². The fourth-order valence-corrected chi connectivity index (χ4v) is 2.56. The molecule has 90 valence electrons. The molecule has 0 saturated heterocycles. The van der Waals surface area contributed by atoms with Gasteiger partial charge < -0.3 is 10.7 Å². The number of hydrogen-bond donors (Lipinski definition) is 2. The monoisotopic (exact) mass is 251 g/mol. The summed E-state index contributed by atoms with van der Waals surface area (Å²) in [6.45, 7) is 5.43. The average Bonchev–Trinajstić information content (AvgIpc) is 2.13. The molecule has 0 aliphatic carbocycles. The van der Waals surface area contributed by atoms with Gasteiger partial charge in [0.1, 0.15) is 5.82 Å². The minimum atomic E-state index is -0.215. The van der Waals surface area contributed by atoms with Gasteiger partial charge >= 0.3 is 0 Å². The van der Waals surface area contributed by atoms with Crippen molar-refractivity contribution in [3.8, 4) is 0 Å². The first-order valence-electron chi connectivity index (χ1n) is 5.37. The molecule has 17 heavy (non-hydrogen) atoms. The van der Waals surface area contributed by atoms with Crippen LogP contribution >= 0.6 is 11.6 Å². The quantitative estimate of drug-likeness (QED) is 0.816. The van der Waals surface area contributed by atoms with Gasteiger partial charge in [-0.25, -0.2) is 4.98 Å². The van der Waals surface area contributed by atoms with Crippen molar-refractivity contribution in [2.75, 3.05) is 0 Å². The highest BCUT2D eigenvalue weighted by Crippen LogP contribution is 2.29. The molecular formula is C12H14ClN3O. The second kappa shape index (κ2) is 4.13. The second-order valence-electron chi connectivity index (χ2n) is 4.23. The summed E-state index contributed by atoms with van der Waals surface area (Å²) < 4.78 is 0. The van der Waals surface area contributed by atoms with E-state index in [0.717, 1.165) is 11.1 Å². The molecule has 4 nitrogen and oxygen atoms in total. The highest BCUT2D eigenvalue weighted by atomic mass is 35.5. The van der Waals surface area contributed by atoms with E-state index in [1.54, 1.807) is 13.0 Å². The minimum Gasteiger partial charge on any atom is -0.324 e. The van der Waals surface area contributed by atoms with Gasteiger partial charge in [-0.05, 0) is 38.0 Å². The highest BCUT2D eigenvalue weighted by Gasteiger charge is 2.15. The number of aromatic amines is 1. The molecule has 0 fully saturated rings. The first kappa shape index (κ1) is 12.1. The molecule has 1 aromatic carbocycles. The van der Waals surface area contributed by atoms with Crippen molar-refractivity contribution in [1.82, 2.24) is 9.97 Å². The van der Waals surface area contributed by atoms with Crippen molar-refractivity contribution in [3.05, 3.63) is 38.4 Å². The van der Waals surface area contributed by atoms with E-state index in [1.807, 2.05) is 13.8 Å². The van der Waals surface area contributed by atoms with E-state index in [9.17, 15) is 4.79 Å². The second-order valence-corrected chi connectivity index (χ2v) is 4.64. The van der Waals surface area contributed by atoms with Crippen LogP contribution in [-0.2, 0) is 0 Å². The van der Waals surface area contributed by atoms with E-state index in [4.69, 9.17) is 17.3 Å². The molecule has 0 aliphatic rings. The van der Waals surface area contributed by atoms with Crippen molar-refractivity contribution in [1.29, 1.82) is 0 Å². The van der Waals surface area contributed by atoms with Crippen LogP contribution in [0, 0.1) is 13.8 Å². The van der Waals surface area contributed by atoms with Crippen LogP contribution in [0.5, 0.6) is 0 Å². The van der Waals surface area contributed by atoms with Gasteiger partial charge in [-0.1, -0.05) is 11.6 Å². The smallest absolute Gasteiger partial charge is 0.259 e. The zero-order chi connectivity index (χ0) is 12.7. The molecule has 1 unspecified atom stereocenters. The molecule has 1 heterocycles. The Hall–Kier alpha value is -1.39. The Morgan fingerprint density at radius 2 is 2.12 bits per heavy atom. The number of nitrogens with zero attached hydrogens (tertiary/aromatic N) is 1. The van der Waals surface area contributed by atoms with Crippen LogP contribution in [0.1, 0.15) is 29.9 Å². The number of hydrogen-bond acceptors (Lipinski definition) is 3. The lowest BCUT2D eigenvalue weighted by atomic mass is 9.99. The fraction of sp³-hybridized carbons (Fsp3) is 0.333. The van der Waals surface area contributed by atoms with Crippen LogP contribution < -0.4 is 11.3 Å². The molecular weight excluding hydrogens is 238 g/mol. The van der Waals surface area contributed by atoms with Gasteiger partial charge in [0.15, 0.2) is 0 Å². The first-order chi connectivity index (χ1) is 7.91. The highest BCUT2D eigenvalue weighted by molar-refractivity contribution is 6.32. The van der Waals surface area contributed by atoms with Gasteiger partial charge in [-0.15, -0.1) is 0 Å². The van der Waals surface area contributed by atoms with Crippen LogP contribution in [0.2, 0.25) is 5.02 Å². The average molecular weight is 252 g/mol. The maximum absolute atomic E-state index is 11.9. The molecule has 2 aromatic rings. The molecule has 0 saturated carbocycles. The third kappa shape index (κ3) is 1.94. The summed E-state index contributed by atoms with van der Waals surface area (Å²) in [5.74, 6) is 0.575. The van der Waals surface area contributed by atoms with Crippen LogP contribution in [0.4, 0.5) is 0 Å². The Morgan fingerprint density at radius 3 is 2.71 bits per heavy atom. The van der Waals surface area contributed by atoms with E-state index in [2.05, 4.69) is 9.97 Å². The van der Waals surface area contributed by atoms with Crippen LogP contribution in [0.15, 0.2) is 10.9 Å². The Balaban J connectivity index is 2.97. The molecule has 0 amide bonds. The fourth-order valence-electron chi connectivity index (χ4n) is 2.15. The van der Waals surface area contributed by atoms with E-state index in [1.165, 1.54) is 0 Å². The largest absolute Gasteiger partial charge is 0.324 e. The number of halogens is 1. The number of nitrogens with two attached hydrogens (primary N) is 1. The summed E-state index contributed by atoms with van der Waals surface area (Å²) in [7, 11) is 0. The Bertz CT molecular complexity index is 646. The number of fused-ring (bicyclic) bond motifs is 1. The van der Waals surface area contributed by atoms with Crippen LogP contribution in [-0.4, -0.2) is 9.97 Å². The normalized spacial score (nSPS) is 13.0. The van der Waals surface area contributed by atoms with Crippen molar-refractivity contribution < 1.29 is 0 Å². The molecule has 0 bridgehead atoms. The third-order valence-corrected chi connectivity index (χ3v) is 3.13. The summed E-state index contributed by atoms with van der Waals surface area (Å²) in [4.78, 5) is 18.9. The molecule has 0 spiro atoms. The first-order valence-corrected chi connectivity index (χ1v) is 5.74. The molecule has 2 rings (SSSR count). The molecule has 0 aliphatic heterocycles. The Morgan fingerprint density at radius 1 is 1.47 bits per heavy atom. The number of benzene rings is 1. The molecule has 1 atom stereocenters. The standard InChI is InChI=1S/C12H14ClN3O/c1-5-10(6(2)14)8(13)4-9-11(5)12(17)16-7(3)15-9/h4,6H,14H2,1-3H3,(H,15,16,17). The van der Waals surface area contributed by atoms with Crippen LogP contribution in [0.3, 0.4) is 0 Å². The molecule has 3 N–H and O–H groups in total. The zero-order valence-electron chi connectivity index (χ0n) is 9.97. The topological polar surface area (TPSA) is 71.8 Å². The summed E-state index contributed by atoms with van der Waals surface area (Å²) in [5, 5.41) is 1.12. The number of aryl methyl sites for hydroxylation is 2. The van der Waals surface area contributed by atoms with Gasteiger partial charge in [-0.3, -0.25) is 4.79 Å². The number of H-pyrrole nitrogens is 1. The van der Waals surface area contributed by atoms with Crippen LogP contribution in [0.25, 0.3) is 10.9 Å². The lowest BCUT2D eigenvalue weighted by Crippen LogP contribution is -2.15. The predicted octanol–water partition coefficient (Wildman–Crippen LogP) is 2.21. The zero-order valence-corrected chi connectivity index (χ0v) is 10.7. The lowest BCUT2D eigenvalue weighted by Gasteiger charge is -2.14. The lowest BCUT2D eigenvalue weighted by molar-refractivity contribution is 0.812. The maximum Gasteiger partial charge on any atom is 0.259 e. The summed E-state index contributed by atoms with van der Waals surface area (Å²) in [5.41, 5.74) is 7.93. The van der Waals surface area contributed by atoms with Gasteiger partial charge in [-0.2, -0.15) is 0 Å². The minimum absolute atomic E-state index is 0.149. The Kier molecular flexibility index (Phi) is 2.93. The van der Waals surface area contributed by atoms with E-state index < -0.39 is 0 Å². The molecule has 5 heteroatoms. The Labute approximate surface area is 104 Å². The van der Waals surface area contributed by atoms with E-state index >= 15 is 0 Å². The van der Waals surface area contributed by atoms with E-state index in [0.29, 0.717) is 21.7 Å². The van der Waals surface area contributed by atoms with Crippen molar-refractivity contribution >= 4 is 22.5 Å². The molecule has 1 aromatic heterocycles. The number of aromatic nitrogens is 2. The molecule has 0 radical (unpaired) electrons. The summed E-state index contributed by atoms with van der Waals surface area (Å²) in [6.07, 6.45) is 0. The van der Waals surface area contributed by atoms with Crippen molar-refractivity contribution in [2.45, 2.75) is 26.8 Å². The summed E-state index contributed by atoms with van der Waals surface area (Å²) >= 11 is 6.18. The van der Waals surface area contributed by atoms with Crippen molar-refractivity contribution in [2.24, 2.45) is 5.73 Å². The van der Waals surface area contributed by atoms with Gasteiger partial charge in [0, 0.05) is 11.1 Å². The third-order valence-electron chi connectivity index (χ3n) is 2.82. The maximum atomic E-state index is 11.9. The van der Waals surface area contributed by atoms with Gasteiger partial charge in [0.05, 0.1) is 10.9 Å². The SMILES string of the molecule is Cc1nc2cc(Cl)c(C(C)N)c(C)c2c(=O)[nH]1. The predicted molar refractivity (Wildman–Crippen MR) is 69.5 cm³/mol. The van der Waals surface area contributed by atoms with Gasteiger partial charge in [0.2, 0.25) is 0 Å². The summed E-state index contributed by atoms with van der Waals surface area (Å²) in [6, 6.07) is 1.48.